The van der Waals surface area contributed by atoms with Gasteiger partial charge in [0.25, 0.3) is 0 Å². The molecule has 174 valence electrons. The number of carbonyl (C=O) groups is 2. The number of aliphatic hydroxyl groups is 1. The molecule has 0 aromatic heterocycles. The van der Waals surface area contributed by atoms with E-state index in [1.54, 1.807) is 12.1 Å². The van der Waals surface area contributed by atoms with Crippen LogP contribution in [-0.4, -0.2) is 82.2 Å². The number of aliphatic hydroxyl groups excluding tert-OH is 1. The number of rotatable bonds is 5. The molecule has 1 aromatic carbocycles. The molecule has 3 unspecified atom stereocenters. The Kier molecular flexibility index (Phi) is 7.50. The first-order valence-corrected chi connectivity index (χ1v) is 12.0. The van der Waals surface area contributed by atoms with Crippen molar-refractivity contribution in [2.45, 2.75) is 56.3 Å². The van der Waals surface area contributed by atoms with Gasteiger partial charge in [-0.3, -0.25) is 14.5 Å². The van der Waals surface area contributed by atoms with E-state index in [-0.39, 0.29) is 36.0 Å². The molecule has 0 aliphatic carbocycles. The highest BCUT2D eigenvalue weighted by Crippen LogP contribution is 2.26. The molecule has 0 spiro atoms. The number of piperidine rings is 1. The van der Waals surface area contributed by atoms with E-state index in [1.165, 1.54) is 0 Å². The van der Waals surface area contributed by atoms with E-state index in [0.29, 0.717) is 68.4 Å². The Labute approximate surface area is 198 Å². The number of carbonyl (C=O) groups excluding carboxylic acids is 2. The fraction of sp³-hybridized carbons (Fsp3) is 0.591. The molecule has 4 rings (SSSR count). The Bertz CT molecular complexity index is 846. The number of likely N-dealkylation sites (tertiary alicyclic amines) is 1. The van der Waals surface area contributed by atoms with Crippen molar-refractivity contribution >= 4 is 46.4 Å². The number of amides is 2. The molecule has 0 bridgehead atoms. The predicted molar refractivity (Wildman–Crippen MR) is 128 cm³/mol. The standard InChI is InChI=1S/C22H30ClN5O3S/c23-14-1-3-15(4-2-14)25-22(32)26-16-11-19-21(31)24-12-17(28(19)13-16)5-6-20(30)27-9-7-18(29)8-10-27/h1-4,16-19,29H,5-13H2,(H,24,31)(H2,25,26,32). The van der Waals surface area contributed by atoms with Gasteiger partial charge in [-0.2, -0.15) is 0 Å². The molecule has 0 saturated carbocycles. The van der Waals surface area contributed by atoms with Crippen LogP contribution in [0.4, 0.5) is 5.69 Å². The van der Waals surface area contributed by atoms with Crippen LogP contribution in [-0.2, 0) is 9.59 Å². The molecule has 3 atom stereocenters. The quantitative estimate of drug-likeness (QED) is 0.473. The Morgan fingerprint density at radius 2 is 1.97 bits per heavy atom. The lowest BCUT2D eigenvalue weighted by Gasteiger charge is -2.37. The van der Waals surface area contributed by atoms with E-state index in [2.05, 4.69) is 20.9 Å². The van der Waals surface area contributed by atoms with Crippen molar-refractivity contribution < 1.29 is 14.7 Å². The van der Waals surface area contributed by atoms with Crippen molar-refractivity contribution in [3.63, 3.8) is 0 Å². The maximum absolute atomic E-state index is 12.6. The highest BCUT2D eigenvalue weighted by molar-refractivity contribution is 7.80. The third-order valence-electron chi connectivity index (χ3n) is 6.57. The molecule has 3 aliphatic rings. The number of anilines is 1. The number of nitrogens with zero attached hydrogens (tertiary/aromatic N) is 2. The van der Waals surface area contributed by atoms with Crippen LogP contribution in [0.3, 0.4) is 0 Å². The maximum Gasteiger partial charge on any atom is 0.237 e. The molecule has 1 aromatic rings. The summed E-state index contributed by atoms with van der Waals surface area (Å²) in [4.78, 5) is 29.1. The molecule has 2 amide bonds. The molecular formula is C22H30ClN5O3S. The van der Waals surface area contributed by atoms with Crippen molar-refractivity contribution in [2.75, 3.05) is 31.5 Å². The summed E-state index contributed by atoms with van der Waals surface area (Å²) >= 11 is 11.4. The van der Waals surface area contributed by atoms with E-state index in [1.807, 2.05) is 17.0 Å². The van der Waals surface area contributed by atoms with Gasteiger partial charge in [-0.1, -0.05) is 11.6 Å². The maximum atomic E-state index is 12.6. The van der Waals surface area contributed by atoms with E-state index >= 15 is 0 Å². The number of nitrogens with one attached hydrogen (secondary N) is 3. The fourth-order valence-electron chi connectivity index (χ4n) is 4.80. The predicted octanol–water partition coefficient (Wildman–Crippen LogP) is 1.33. The minimum absolute atomic E-state index is 0.0403. The number of benzene rings is 1. The second kappa shape index (κ2) is 10.3. The largest absolute Gasteiger partial charge is 0.393 e. The van der Waals surface area contributed by atoms with Crippen LogP contribution in [0.1, 0.15) is 32.1 Å². The van der Waals surface area contributed by atoms with Gasteiger partial charge in [0.2, 0.25) is 11.8 Å². The van der Waals surface area contributed by atoms with Crippen molar-refractivity contribution in [3.05, 3.63) is 29.3 Å². The Hall–Kier alpha value is -1.94. The lowest BCUT2D eigenvalue weighted by Crippen LogP contribution is -2.58. The normalized spacial score (nSPS) is 26.4. The van der Waals surface area contributed by atoms with Gasteiger partial charge in [-0.25, -0.2) is 0 Å². The van der Waals surface area contributed by atoms with Crippen molar-refractivity contribution in [2.24, 2.45) is 0 Å². The fourth-order valence-corrected chi connectivity index (χ4v) is 5.21. The van der Waals surface area contributed by atoms with Crippen LogP contribution in [0.5, 0.6) is 0 Å². The van der Waals surface area contributed by atoms with Crippen LogP contribution in [0.15, 0.2) is 24.3 Å². The second-order valence-electron chi connectivity index (χ2n) is 8.80. The zero-order valence-electron chi connectivity index (χ0n) is 17.9. The van der Waals surface area contributed by atoms with Crippen LogP contribution in [0.2, 0.25) is 5.02 Å². The minimum atomic E-state index is -0.289. The van der Waals surface area contributed by atoms with Gasteiger partial charge >= 0.3 is 0 Å². The SMILES string of the molecule is O=C1NCC(CCC(=O)N2CCC(O)CC2)N2CC(NC(=S)Nc3ccc(Cl)cc3)CC12. The zero-order chi connectivity index (χ0) is 22.7. The molecule has 4 N–H and O–H groups in total. The highest BCUT2D eigenvalue weighted by atomic mass is 35.5. The summed E-state index contributed by atoms with van der Waals surface area (Å²) in [5.74, 6) is 0.172. The Balaban J connectivity index is 1.28. The smallest absolute Gasteiger partial charge is 0.237 e. The molecule has 3 heterocycles. The topological polar surface area (TPSA) is 96.9 Å². The van der Waals surface area contributed by atoms with Gasteiger partial charge in [-0.05, 0) is 62.2 Å². The van der Waals surface area contributed by atoms with Gasteiger partial charge in [0.05, 0.1) is 12.1 Å². The summed E-state index contributed by atoms with van der Waals surface area (Å²) in [7, 11) is 0. The molecule has 8 nitrogen and oxygen atoms in total. The molecule has 3 saturated heterocycles. The Morgan fingerprint density at radius 3 is 2.69 bits per heavy atom. The lowest BCUT2D eigenvalue weighted by molar-refractivity contribution is -0.134. The minimum Gasteiger partial charge on any atom is -0.393 e. The van der Waals surface area contributed by atoms with E-state index in [9.17, 15) is 14.7 Å². The monoisotopic (exact) mass is 479 g/mol. The summed E-state index contributed by atoms with van der Waals surface area (Å²) in [6.07, 6.45) is 2.84. The van der Waals surface area contributed by atoms with Gasteiger partial charge in [-0.15, -0.1) is 0 Å². The summed E-state index contributed by atoms with van der Waals surface area (Å²) in [6, 6.07) is 7.29. The molecule has 3 aliphatic heterocycles. The van der Waals surface area contributed by atoms with E-state index in [0.717, 1.165) is 5.69 Å². The average molecular weight is 480 g/mol. The van der Waals surface area contributed by atoms with Crippen LogP contribution in [0, 0.1) is 0 Å². The number of hydrogen-bond acceptors (Lipinski definition) is 5. The number of thiocarbonyl (C=S) groups is 1. The lowest BCUT2D eigenvalue weighted by atomic mass is 10.0. The summed E-state index contributed by atoms with van der Waals surface area (Å²) in [5, 5.41) is 20.3. The molecule has 32 heavy (non-hydrogen) atoms. The van der Waals surface area contributed by atoms with E-state index in [4.69, 9.17) is 23.8 Å². The third-order valence-corrected chi connectivity index (χ3v) is 7.04. The first-order valence-electron chi connectivity index (χ1n) is 11.2. The van der Waals surface area contributed by atoms with Crippen LogP contribution in [0.25, 0.3) is 0 Å². The average Bonchev–Trinajstić information content (AvgIpc) is 3.19. The van der Waals surface area contributed by atoms with Crippen molar-refractivity contribution in [1.29, 1.82) is 0 Å². The van der Waals surface area contributed by atoms with Gasteiger partial charge in [0, 0.05) is 55.4 Å². The highest BCUT2D eigenvalue weighted by Gasteiger charge is 2.43. The van der Waals surface area contributed by atoms with Crippen molar-refractivity contribution in [3.8, 4) is 0 Å². The van der Waals surface area contributed by atoms with Gasteiger partial charge < -0.3 is 26.0 Å². The number of piperazine rings is 1. The first kappa shape index (κ1) is 23.2. The summed E-state index contributed by atoms with van der Waals surface area (Å²) in [6.45, 7) is 2.51. The summed E-state index contributed by atoms with van der Waals surface area (Å²) < 4.78 is 0. The first-order chi connectivity index (χ1) is 15.4. The van der Waals surface area contributed by atoms with Gasteiger partial charge in [0.15, 0.2) is 5.11 Å². The van der Waals surface area contributed by atoms with Crippen LogP contribution < -0.4 is 16.0 Å². The van der Waals surface area contributed by atoms with Crippen molar-refractivity contribution in [1.82, 2.24) is 20.4 Å². The number of fused-ring (bicyclic) bond motifs is 1. The molecule has 10 heteroatoms. The van der Waals surface area contributed by atoms with Crippen LogP contribution >= 0.6 is 23.8 Å². The third kappa shape index (κ3) is 5.70. The second-order valence-corrected chi connectivity index (χ2v) is 9.64. The molecule has 0 radical (unpaired) electrons. The molecule has 3 fully saturated rings. The number of hydrogen-bond donors (Lipinski definition) is 4. The van der Waals surface area contributed by atoms with E-state index < -0.39 is 0 Å². The molecular weight excluding hydrogens is 450 g/mol. The number of halogens is 1. The summed E-state index contributed by atoms with van der Waals surface area (Å²) in [5.41, 5.74) is 0.849. The van der Waals surface area contributed by atoms with Gasteiger partial charge in [0.1, 0.15) is 0 Å². The zero-order valence-corrected chi connectivity index (χ0v) is 19.5. The Morgan fingerprint density at radius 1 is 1.25 bits per heavy atom.